The van der Waals surface area contributed by atoms with E-state index in [0.29, 0.717) is 0 Å². The number of phosphoric ester groups is 1. The fourth-order valence-corrected chi connectivity index (χ4v) is 2.10. The second kappa shape index (κ2) is 5.55. The van der Waals surface area contributed by atoms with Crippen LogP contribution in [0.4, 0.5) is 0 Å². The molecule has 86 valence electrons. The first-order valence-electron chi connectivity index (χ1n) is 3.14. The molecule has 0 aromatic carbocycles. The Balaban J connectivity index is 4.09. The molecule has 11 heteroatoms. The number of hydrogen-bond donors (Lipinski definition) is 4. The predicted octanol–water partition coefficient (Wildman–Crippen LogP) is -0.188. The van der Waals surface area contributed by atoms with E-state index in [1.54, 1.807) is 0 Å². The largest absolute Gasteiger partial charge is 0.481 e. The Morgan fingerprint density at radius 1 is 1.29 bits per heavy atom. The molecule has 2 unspecified atom stereocenters. The number of phosphoric acid groups is 2. The van der Waals surface area contributed by atoms with Gasteiger partial charge in [-0.3, -0.25) is 4.52 Å². The second-order valence-corrected chi connectivity index (χ2v) is 5.28. The summed E-state index contributed by atoms with van der Waals surface area (Å²) in [5, 5.41) is 8.78. The number of aliphatic hydroxyl groups is 1. The Labute approximate surface area is 84.3 Å². The zero-order valence-corrected chi connectivity index (χ0v) is 9.23. The molecule has 0 radical (unpaired) electrons. The van der Waals surface area contributed by atoms with E-state index in [4.69, 9.17) is 31.4 Å². The van der Waals surface area contributed by atoms with Crippen LogP contribution >= 0.6 is 27.2 Å². The number of aliphatic hydroxyl groups excluding tert-OH is 1. The summed E-state index contributed by atoms with van der Waals surface area (Å²) in [7, 11) is -9.97. The molecule has 0 aromatic heterocycles. The maximum absolute atomic E-state index is 10.7. The van der Waals surface area contributed by atoms with E-state index >= 15 is 0 Å². The predicted molar refractivity (Wildman–Crippen MR) is 45.6 cm³/mol. The Kier molecular flexibility index (Phi) is 5.76. The van der Waals surface area contributed by atoms with Crippen molar-refractivity contribution < 1.29 is 37.8 Å². The van der Waals surface area contributed by atoms with Crippen molar-refractivity contribution in [2.24, 2.45) is 0 Å². The van der Waals surface area contributed by atoms with Crippen LogP contribution in [0.1, 0.15) is 0 Å². The van der Waals surface area contributed by atoms with Gasteiger partial charge in [0.15, 0.2) is 0 Å². The summed E-state index contributed by atoms with van der Waals surface area (Å²) >= 11 is 5.12. The van der Waals surface area contributed by atoms with E-state index in [2.05, 4.69) is 8.83 Å². The quantitative estimate of drug-likeness (QED) is 0.385. The number of alkyl halides is 1. The molecule has 0 amide bonds. The van der Waals surface area contributed by atoms with Gasteiger partial charge in [-0.25, -0.2) is 9.13 Å². The highest BCUT2D eigenvalue weighted by Crippen LogP contribution is 2.57. The lowest BCUT2D eigenvalue weighted by Gasteiger charge is -2.13. The molecular formula is C3H9ClO8P2. The van der Waals surface area contributed by atoms with Crippen LogP contribution in [-0.2, 0) is 18.0 Å². The maximum atomic E-state index is 10.7. The van der Waals surface area contributed by atoms with Crippen LogP contribution in [0.25, 0.3) is 0 Å². The molecule has 0 saturated heterocycles. The van der Waals surface area contributed by atoms with Crippen molar-refractivity contribution in [2.75, 3.05) is 12.5 Å². The summed E-state index contributed by atoms with van der Waals surface area (Å²) in [6, 6.07) is 0. The lowest BCUT2D eigenvalue weighted by molar-refractivity contribution is 0.0967. The van der Waals surface area contributed by atoms with Gasteiger partial charge in [-0.2, -0.15) is 4.31 Å². The molecular weight excluding hydrogens is 261 g/mol. The summed E-state index contributed by atoms with van der Waals surface area (Å²) in [5.41, 5.74) is 0. The van der Waals surface area contributed by atoms with E-state index in [1.165, 1.54) is 0 Å². The summed E-state index contributed by atoms with van der Waals surface area (Å²) in [6.45, 7) is -0.669. The monoisotopic (exact) mass is 270 g/mol. The van der Waals surface area contributed by atoms with Crippen LogP contribution in [0.2, 0.25) is 0 Å². The van der Waals surface area contributed by atoms with Gasteiger partial charge in [-0.15, -0.1) is 11.6 Å². The first-order valence-corrected chi connectivity index (χ1v) is 6.70. The molecule has 0 saturated carbocycles. The molecule has 0 rings (SSSR count). The van der Waals surface area contributed by atoms with Gasteiger partial charge in [0.05, 0.1) is 18.6 Å². The molecule has 0 aliphatic heterocycles. The van der Waals surface area contributed by atoms with Crippen molar-refractivity contribution in [2.45, 2.75) is 6.10 Å². The highest BCUT2D eigenvalue weighted by atomic mass is 35.5. The average Bonchev–Trinajstić information content (AvgIpc) is 1.96. The van der Waals surface area contributed by atoms with Crippen molar-refractivity contribution in [3.63, 3.8) is 0 Å². The molecule has 8 nitrogen and oxygen atoms in total. The Bertz CT molecular complexity index is 261. The zero-order chi connectivity index (χ0) is 11.4. The van der Waals surface area contributed by atoms with Crippen LogP contribution in [0, 0.1) is 0 Å². The average molecular weight is 270 g/mol. The molecule has 0 aliphatic carbocycles. The zero-order valence-electron chi connectivity index (χ0n) is 6.69. The van der Waals surface area contributed by atoms with Crippen molar-refractivity contribution >= 4 is 27.2 Å². The van der Waals surface area contributed by atoms with Crippen molar-refractivity contribution in [3.8, 4) is 0 Å². The first kappa shape index (κ1) is 14.5. The lowest BCUT2D eigenvalue weighted by atomic mass is 10.4. The third-order valence-corrected chi connectivity index (χ3v) is 3.33. The van der Waals surface area contributed by atoms with E-state index in [1.807, 2.05) is 0 Å². The van der Waals surface area contributed by atoms with Gasteiger partial charge in [0, 0.05) is 0 Å². The Morgan fingerprint density at radius 2 is 1.79 bits per heavy atom. The summed E-state index contributed by atoms with van der Waals surface area (Å²) in [5.74, 6) is -0.254. The van der Waals surface area contributed by atoms with Gasteiger partial charge in [0.25, 0.3) is 0 Å². The molecule has 2 atom stereocenters. The highest BCUT2D eigenvalue weighted by Gasteiger charge is 2.32. The van der Waals surface area contributed by atoms with E-state index in [0.717, 1.165) is 0 Å². The van der Waals surface area contributed by atoms with Gasteiger partial charge >= 0.3 is 15.6 Å². The van der Waals surface area contributed by atoms with Crippen molar-refractivity contribution in [1.29, 1.82) is 0 Å². The Hall–Kier alpha value is 0.510. The first-order chi connectivity index (χ1) is 6.16. The minimum Gasteiger partial charge on any atom is -0.389 e. The molecule has 0 fully saturated rings. The fourth-order valence-electron chi connectivity index (χ4n) is 0.383. The van der Waals surface area contributed by atoms with Crippen molar-refractivity contribution in [1.82, 2.24) is 0 Å². The lowest BCUT2D eigenvalue weighted by Crippen LogP contribution is -2.16. The second-order valence-electron chi connectivity index (χ2n) is 2.14. The molecule has 14 heavy (non-hydrogen) atoms. The molecule has 0 bridgehead atoms. The molecule has 0 heterocycles. The number of rotatable bonds is 6. The normalized spacial score (nSPS) is 18.9. The van der Waals surface area contributed by atoms with Crippen LogP contribution < -0.4 is 0 Å². The molecule has 0 spiro atoms. The fraction of sp³-hybridized carbons (Fsp3) is 1.00. The van der Waals surface area contributed by atoms with Gasteiger partial charge < -0.3 is 19.8 Å². The summed E-state index contributed by atoms with van der Waals surface area (Å²) in [6.07, 6.45) is -1.22. The van der Waals surface area contributed by atoms with Crippen LogP contribution in [0.3, 0.4) is 0 Å². The van der Waals surface area contributed by atoms with Crippen LogP contribution in [-0.4, -0.2) is 38.4 Å². The summed E-state index contributed by atoms with van der Waals surface area (Å²) in [4.78, 5) is 25.0. The molecule has 4 N–H and O–H groups in total. The van der Waals surface area contributed by atoms with Crippen LogP contribution in [0.15, 0.2) is 0 Å². The van der Waals surface area contributed by atoms with Gasteiger partial charge in [-0.1, -0.05) is 0 Å². The molecule has 0 aromatic rings. The van der Waals surface area contributed by atoms with E-state index in [9.17, 15) is 9.13 Å². The Morgan fingerprint density at radius 3 is 2.14 bits per heavy atom. The smallest absolute Gasteiger partial charge is 0.389 e. The third-order valence-electron chi connectivity index (χ3n) is 0.818. The van der Waals surface area contributed by atoms with Gasteiger partial charge in [0.1, 0.15) is 0 Å². The van der Waals surface area contributed by atoms with E-state index < -0.39 is 28.4 Å². The van der Waals surface area contributed by atoms with Crippen molar-refractivity contribution in [3.05, 3.63) is 0 Å². The number of hydrogen-bond acceptors (Lipinski definition) is 5. The molecule has 0 aliphatic rings. The minimum atomic E-state index is -5.11. The summed E-state index contributed by atoms with van der Waals surface area (Å²) < 4.78 is 28.3. The SMILES string of the molecule is O=P(O)(O)OP(=O)(O)OCC(O)CCl. The highest BCUT2D eigenvalue weighted by molar-refractivity contribution is 7.60. The third kappa shape index (κ3) is 7.87. The van der Waals surface area contributed by atoms with Gasteiger partial charge in [0.2, 0.25) is 0 Å². The van der Waals surface area contributed by atoms with Gasteiger partial charge in [-0.05, 0) is 0 Å². The topological polar surface area (TPSA) is 134 Å². The number of halogens is 1. The minimum absolute atomic E-state index is 0.254. The van der Waals surface area contributed by atoms with Crippen LogP contribution in [0.5, 0.6) is 0 Å². The van der Waals surface area contributed by atoms with E-state index in [-0.39, 0.29) is 5.88 Å². The standard InChI is InChI=1S/C3H9ClO8P2/c4-1-3(5)2-11-14(9,10)12-13(6,7)8/h3,5H,1-2H2,(H,9,10)(H2,6,7,8). The maximum Gasteiger partial charge on any atom is 0.481 e.